The van der Waals surface area contributed by atoms with Crippen LogP contribution in [0.5, 0.6) is 0 Å². The molecule has 1 aromatic heterocycles. The molecule has 0 saturated carbocycles. The van der Waals surface area contributed by atoms with Crippen LogP contribution in [0.25, 0.3) is 0 Å². The highest BCUT2D eigenvalue weighted by Crippen LogP contribution is 2.48. The van der Waals surface area contributed by atoms with Crippen LogP contribution >= 0.6 is 0 Å². The first-order valence-electron chi connectivity index (χ1n) is 8.32. The van der Waals surface area contributed by atoms with Crippen molar-refractivity contribution in [2.75, 3.05) is 5.32 Å². The lowest BCUT2D eigenvalue weighted by Gasteiger charge is -2.44. The smallest absolute Gasteiger partial charge is 0.363 e. The lowest BCUT2D eigenvalue weighted by atomic mass is 9.77. The van der Waals surface area contributed by atoms with E-state index in [1.54, 1.807) is 36.4 Å². The predicted octanol–water partition coefficient (Wildman–Crippen LogP) is 2.44. The maximum absolute atomic E-state index is 14.0. The standard InChI is InChI=1S/C18H14F3N5O2/c19-18(20,21)17(28)13(15(27)12-9-5-2-6-10-12)14(11-7-3-1-4-8-11)26-16(22-17)23-24-25-26/h1-10,13-14,28H,(H,22,23,25)/t13-,14-,17-/m0/s1. The van der Waals surface area contributed by atoms with E-state index in [4.69, 9.17) is 0 Å². The van der Waals surface area contributed by atoms with Gasteiger partial charge >= 0.3 is 6.18 Å². The summed E-state index contributed by atoms with van der Waals surface area (Å²) in [5.41, 5.74) is -3.17. The van der Waals surface area contributed by atoms with Gasteiger partial charge in [-0.2, -0.15) is 13.2 Å². The third-order valence-corrected chi connectivity index (χ3v) is 4.74. The Balaban J connectivity index is 1.96. The maximum Gasteiger partial charge on any atom is 0.437 e. The van der Waals surface area contributed by atoms with E-state index < -0.39 is 29.6 Å². The summed E-state index contributed by atoms with van der Waals surface area (Å²) < 4.78 is 43.1. The molecule has 144 valence electrons. The molecular formula is C18H14F3N5O2. The average molecular weight is 389 g/mol. The molecule has 0 radical (unpaired) electrons. The molecule has 0 spiro atoms. The Morgan fingerprint density at radius 2 is 1.68 bits per heavy atom. The van der Waals surface area contributed by atoms with Gasteiger partial charge in [-0.1, -0.05) is 65.8 Å². The number of aliphatic hydroxyl groups is 1. The Kier molecular flexibility index (Phi) is 4.15. The second kappa shape index (κ2) is 6.41. The van der Waals surface area contributed by atoms with Gasteiger partial charge in [-0.05, 0) is 16.0 Å². The number of hydrogen-bond acceptors (Lipinski definition) is 6. The highest BCUT2D eigenvalue weighted by Gasteiger charge is 2.66. The molecule has 3 atom stereocenters. The fourth-order valence-electron chi connectivity index (χ4n) is 3.43. The van der Waals surface area contributed by atoms with Crippen molar-refractivity contribution in [3.8, 4) is 0 Å². The van der Waals surface area contributed by atoms with E-state index in [0.29, 0.717) is 5.56 Å². The molecule has 28 heavy (non-hydrogen) atoms. The van der Waals surface area contributed by atoms with Crippen LogP contribution in [-0.2, 0) is 0 Å². The van der Waals surface area contributed by atoms with Gasteiger partial charge in [0.2, 0.25) is 11.7 Å². The molecule has 0 aliphatic carbocycles. The van der Waals surface area contributed by atoms with E-state index in [-0.39, 0.29) is 11.5 Å². The first-order valence-corrected chi connectivity index (χ1v) is 8.32. The van der Waals surface area contributed by atoms with Gasteiger partial charge in [-0.3, -0.25) is 4.79 Å². The van der Waals surface area contributed by atoms with Crippen molar-refractivity contribution >= 4 is 11.7 Å². The van der Waals surface area contributed by atoms with Crippen molar-refractivity contribution in [2.24, 2.45) is 5.92 Å². The van der Waals surface area contributed by atoms with Crippen LogP contribution in [0.4, 0.5) is 19.1 Å². The number of aromatic nitrogens is 4. The zero-order chi connectivity index (χ0) is 19.9. The molecule has 4 rings (SSSR count). The van der Waals surface area contributed by atoms with E-state index in [0.717, 1.165) is 4.68 Å². The zero-order valence-electron chi connectivity index (χ0n) is 14.2. The highest BCUT2D eigenvalue weighted by atomic mass is 19.4. The van der Waals surface area contributed by atoms with E-state index in [1.165, 1.54) is 24.3 Å². The summed E-state index contributed by atoms with van der Waals surface area (Å²) in [6.45, 7) is 0. The number of ketones is 1. The molecule has 0 unspecified atom stereocenters. The molecule has 1 aliphatic rings. The number of Topliss-reactive ketones (excluding diaryl/α,β-unsaturated/α-hetero) is 1. The molecule has 0 amide bonds. The number of carbonyl (C=O) groups is 1. The monoisotopic (exact) mass is 389 g/mol. The number of nitrogens with one attached hydrogen (secondary N) is 1. The summed E-state index contributed by atoms with van der Waals surface area (Å²) in [5, 5.41) is 23.3. The number of carbonyl (C=O) groups excluding carboxylic acids is 1. The fourth-order valence-corrected chi connectivity index (χ4v) is 3.43. The summed E-state index contributed by atoms with van der Waals surface area (Å²) in [7, 11) is 0. The third-order valence-electron chi connectivity index (χ3n) is 4.74. The Morgan fingerprint density at radius 3 is 2.29 bits per heavy atom. The Morgan fingerprint density at radius 1 is 1.07 bits per heavy atom. The van der Waals surface area contributed by atoms with Crippen LogP contribution in [0, 0.1) is 5.92 Å². The molecule has 7 nitrogen and oxygen atoms in total. The third kappa shape index (κ3) is 2.73. The fraction of sp³-hybridized carbons (Fsp3) is 0.222. The Labute approximate surface area is 156 Å². The van der Waals surface area contributed by atoms with Crippen molar-refractivity contribution in [1.82, 2.24) is 20.2 Å². The number of tetrazole rings is 1. The van der Waals surface area contributed by atoms with E-state index in [1.807, 2.05) is 5.32 Å². The van der Waals surface area contributed by atoms with Crippen molar-refractivity contribution in [3.05, 3.63) is 71.8 Å². The van der Waals surface area contributed by atoms with Gasteiger partial charge in [0, 0.05) is 5.56 Å². The number of rotatable bonds is 3. The lowest BCUT2D eigenvalue weighted by molar-refractivity contribution is -0.266. The predicted molar refractivity (Wildman–Crippen MR) is 91.3 cm³/mol. The number of hydrogen-bond donors (Lipinski definition) is 2. The van der Waals surface area contributed by atoms with E-state index in [9.17, 15) is 23.1 Å². The SMILES string of the molecule is O=C(c1ccccc1)[C@@H]1[C@H](c2ccccc2)n2nnnc2N[C@@]1(O)C(F)(F)F. The van der Waals surface area contributed by atoms with E-state index >= 15 is 0 Å². The summed E-state index contributed by atoms with van der Waals surface area (Å²) in [4.78, 5) is 13.2. The minimum absolute atomic E-state index is 0.0365. The number of nitrogens with zero attached hydrogens (tertiary/aromatic N) is 4. The van der Waals surface area contributed by atoms with Crippen LogP contribution in [0.1, 0.15) is 22.0 Å². The molecular weight excluding hydrogens is 375 g/mol. The number of halogens is 3. The molecule has 0 bridgehead atoms. The van der Waals surface area contributed by atoms with Gasteiger partial charge in [0.05, 0.1) is 6.04 Å². The molecule has 2 N–H and O–H groups in total. The summed E-state index contributed by atoms with van der Waals surface area (Å²) >= 11 is 0. The van der Waals surface area contributed by atoms with Gasteiger partial charge < -0.3 is 10.4 Å². The minimum Gasteiger partial charge on any atom is -0.363 e. The Hall–Kier alpha value is -3.27. The molecule has 0 saturated heterocycles. The molecule has 2 aromatic carbocycles. The van der Waals surface area contributed by atoms with Crippen LogP contribution in [0.15, 0.2) is 60.7 Å². The van der Waals surface area contributed by atoms with Crippen LogP contribution in [0.3, 0.4) is 0 Å². The van der Waals surface area contributed by atoms with E-state index in [2.05, 4.69) is 15.5 Å². The quantitative estimate of drug-likeness (QED) is 0.669. The maximum atomic E-state index is 14.0. The van der Waals surface area contributed by atoms with Crippen LogP contribution in [0.2, 0.25) is 0 Å². The van der Waals surface area contributed by atoms with Gasteiger partial charge in [0.15, 0.2) is 5.78 Å². The summed E-state index contributed by atoms with van der Waals surface area (Å²) in [5.74, 6) is -3.23. The lowest BCUT2D eigenvalue weighted by Crippen LogP contribution is -2.64. The number of fused-ring (bicyclic) bond motifs is 1. The Bertz CT molecular complexity index is 993. The molecule has 1 aliphatic heterocycles. The minimum atomic E-state index is -5.17. The normalized spacial score (nSPS) is 24.3. The molecule has 3 aromatic rings. The number of anilines is 1. The first kappa shape index (κ1) is 18.1. The van der Waals surface area contributed by atoms with Gasteiger partial charge in [0.25, 0.3) is 0 Å². The summed E-state index contributed by atoms with van der Waals surface area (Å²) in [6, 6.07) is 14.3. The average Bonchev–Trinajstić information content (AvgIpc) is 3.14. The highest BCUT2D eigenvalue weighted by molar-refractivity contribution is 5.99. The van der Waals surface area contributed by atoms with Crippen molar-refractivity contribution in [1.29, 1.82) is 0 Å². The van der Waals surface area contributed by atoms with Gasteiger partial charge in [-0.25, -0.2) is 4.68 Å². The van der Waals surface area contributed by atoms with Crippen molar-refractivity contribution in [3.63, 3.8) is 0 Å². The molecule has 2 heterocycles. The first-order chi connectivity index (χ1) is 13.3. The number of benzene rings is 2. The molecule has 0 fully saturated rings. The van der Waals surface area contributed by atoms with Crippen molar-refractivity contribution < 1.29 is 23.1 Å². The zero-order valence-corrected chi connectivity index (χ0v) is 14.2. The second-order valence-corrected chi connectivity index (χ2v) is 6.40. The second-order valence-electron chi connectivity index (χ2n) is 6.40. The summed E-state index contributed by atoms with van der Waals surface area (Å²) in [6.07, 6.45) is -5.17. The van der Waals surface area contributed by atoms with Crippen LogP contribution in [-0.4, -0.2) is 43.0 Å². The largest absolute Gasteiger partial charge is 0.437 e. The molecule has 10 heteroatoms. The van der Waals surface area contributed by atoms with Gasteiger partial charge in [0.1, 0.15) is 5.92 Å². The van der Waals surface area contributed by atoms with Gasteiger partial charge in [-0.15, -0.1) is 0 Å². The van der Waals surface area contributed by atoms with Crippen LogP contribution < -0.4 is 5.32 Å². The number of alkyl halides is 3. The topological polar surface area (TPSA) is 92.9 Å². The van der Waals surface area contributed by atoms with Crippen molar-refractivity contribution in [2.45, 2.75) is 17.9 Å².